The van der Waals surface area contributed by atoms with Gasteiger partial charge in [0.05, 0.1) is 12.7 Å². The Kier molecular flexibility index (Phi) is 6.73. The lowest BCUT2D eigenvalue weighted by molar-refractivity contribution is -0.136. The van der Waals surface area contributed by atoms with Crippen LogP contribution in [0.4, 0.5) is 0 Å². The third-order valence-electron chi connectivity index (χ3n) is 2.59. The molecule has 106 valence electrons. The van der Waals surface area contributed by atoms with Crippen LogP contribution in [0.25, 0.3) is 0 Å². The van der Waals surface area contributed by atoms with Crippen molar-refractivity contribution in [1.29, 1.82) is 0 Å². The van der Waals surface area contributed by atoms with Crippen molar-refractivity contribution in [3.63, 3.8) is 0 Å². The maximum Gasteiger partial charge on any atom is 0.319 e. The van der Waals surface area contributed by atoms with Gasteiger partial charge in [-0.3, -0.25) is 9.00 Å². The maximum atomic E-state index is 12.0. The number of rotatable bonds is 8. The first-order valence-corrected chi connectivity index (χ1v) is 7.64. The Labute approximate surface area is 116 Å². The number of carboxylic acid groups (broad SMARTS) is 1. The van der Waals surface area contributed by atoms with Gasteiger partial charge in [0.15, 0.2) is 0 Å². The summed E-state index contributed by atoms with van der Waals surface area (Å²) >= 11 is 0. The molecule has 0 bridgehead atoms. The summed E-state index contributed by atoms with van der Waals surface area (Å²) in [6.45, 7) is 4.10. The summed E-state index contributed by atoms with van der Waals surface area (Å²) < 4.78 is 17.3. The van der Waals surface area contributed by atoms with E-state index >= 15 is 0 Å². The molecule has 2 unspecified atom stereocenters. The lowest BCUT2D eigenvalue weighted by Crippen LogP contribution is -2.31. The monoisotopic (exact) mass is 284 g/mol. The molecule has 1 aromatic rings. The summed E-state index contributed by atoms with van der Waals surface area (Å²) in [5.74, 6) is -0.770. The van der Waals surface area contributed by atoms with E-state index in [0.29, 0.717) is 6.61 Å². The van der Waals surface area contributed by atoms with Gasteiger partial charge in [0.25, 0.3) is 0 Å². The molecule has 1 rings (SSSR count). The van der Waals surface area contributed by atoms with E-state index in [1.807, 2.05) is 44.2 Å². The van der Waals surface area contributed by atoms with Gasteiger partial charge in [0.2, 0.25) is 0 Å². The van der Waals surface area contributed by atoms with E-state index < -0.39 is 22.0 Å². The second kappa shape index (κ2) is 8.07. The quantitative estimate of drug-likeness (QED) is 0.791. The van der Waals surface area contributed by atoms with E-state index in [0.717, 1.165) is 5.56 Å². The molecule has 0 aliphatic heterocycles. The Hall–Kier alpha value is -1.20. The van der Waals surface area contributed by atoms with Crippen LogP contribution in [0.5, 0.6) is 0 Å². The van der Waals surface area contributed by atoms with Crippen molar-refractivity contribution in [3.8, 4) is 0 Å². The molecular formula is C14H20O4S. The SMILES string of the molecule is CC(C)OCCS(=O)C(Cc1ccccc1)C(=O)O. The van der Waals surface area contributed by atoms with Crippen molar-refractivity contribution >= 4 is 16.8 Å². The molecule has 0 radical (unpaired) electrons. The summed E-state index contributed by atoms with van der Waals surface area (Å²) in [5, 5.41) is 8.30. The molecule has 1 aromatic carbocycles. The van der Waals surface area contributed by atoms with Gasteiger partial charge >= 0.3 is 5.97 Å². The number of carboxylic acids is 1. The summed E-state index contributed by atoms with van der Waals surface area (Å²) in [6, 6.07) is 9.25. The fourth-order valence-corrected chi connectivity index (χ4v) is 2.78. The highest BCUT2D eigenvalue weighted by molar-refractivity contribution is 7.86. The minimum absolute atomic E-state index is 0.0643. The normalized spacial score (nSPS) is 14.3. The van der Waals surface area contributed by atoms with Crippen molar-refractivity contribution in [2.24, 2.45) is 0 Å². The van der Waals surface area contributed by atoms with E-state index in [1.165, 1.54) is 0 Å². The predicted molar refractivity (Wildman–Crippen MR) is 75.7 cm³/mol. The third-order valence-corrected chi connectivity index (χ3v) is 4.16. The minimum Gasteiger partial charge on any atom is -0.480 e. The zero-order valence-electron chi connectivity index (χ0n) is 11.2. The number of aliphatic carboxylic acids is 1. The smallest absolute Gasteiger partial charge is 0.319 e. The van der Waals surface area contributed by atoms with Gasteiger partial charge < -0.3 is 9.84 Å². The fourth-order valence-electron chi connectivity index (χ4n) is 1.63. The van der Waals surface area contributed by atoms with Crippen LogP contribution in [0, 0.1) is 0 Å². The Balaban J connectivity index is 2.57. The van der Waals surface area contributed by atoms with Gasteiger partial charge in [-0.1, -0.05) is 30.3 Å². The lowest BCUT2D eigenvalue weighted by Gasteiger charge is -2.13. The summed E-state index contributed by atoms with van der Waals surface area (Å²) in [7, 11) is -1.43. The summed E-state index contributed by atoms with van der Waals surface area (Å²) in [5.41, 5.74) is 0.882. The minimum atomic E-state index is -1.43. The Morgan fingerprint density at radius 2 is 1.95 bits per heavy atom. The molecule has 0 amide bonds. The van der Waals surface area contributed by atoms with Crippen LogP contribution in [0.1, 0.15) is 19.4 Å². The van der Waals surface area contributed by atoms with Crippen molar-refractivity contribution in [1.82, 2.24) is 0 Å². The third kappa shape index (κ3) is 5.98. The summed E-state index contributed by atoms with van der Waals surface area (Å²) in [4.78, 5) is 11.2. The van der Waals surface area contributed by atoms with Crippen LogP contribution < -0.4 is 0 Å². The molecular weight excluding hydrogens is 264 g/mol. The van der Waals surface area contributed by atoms with Gasteiger partial charge in [-0.2, -0.15) is 0 Å². The highest BCUT2D eigenvalue weighted by Crippen LogP contribution is 2.09. The predicted octanol–water partition coefficient (Wildman–Crippen LogP) is 1.86. The van der Waals surface area contributed by atoms with Crippen LogP contribution in [0.3, 0.4) is 0 Å². The molecule has 0 heterocycles. The molecule has 4 nitrogen and oxygen atoms in total. The molecule has 0 fully saturated rings. The van der Waals surface area contributed by atoms with E-state index in [-0.39, 0.29) is 18.3 Å². The van der Waals surface area contributed by atoms with Crippen LogP contribution in [-0.4, -0.2) is 39.0 Å². The van der Waals surface area contributed by atoms with Gasteiger partial charge in [-0.05, 0) is 25.8 Å². The summed E-state index contributed by atoms with van der Waals surface area (Å²) in [6.07, 6.45) is 0.346. The zero-order chi connectivity index (χ0) is 14.3. The van der Waals surface area contributed by atoms with Crippen LogP contribution in [-0.2, 0) is 26.8 Å². The number of hydrogen-bond acceptors (Lipinski definition) is 3. The van der Waals surface area contributed by atoms with E-state index in [4.69, 9.17) is 4.74 Å². The molecule has 0 aromatic heterocycles. The lowest BCUT2D eigenvalue weighted by atomic mass is 10.1. The highest BCUT2D eigenvalue weighted by atomic mass is 32.2. The first-order valence-electron chi connectivity index (χ1n) is 6.26. The van der Waals surface area contributed by atoms with Crippen molar-refractivity contribution < 1.29 is 18.8 Å². The highest BCUT2D eigenvalue weighted by Gasteiger charge is 2.24. The first-order chi connectivity index (χ1) is 9.00. The average molecular weight is 284 g/mol. The maximum absolute atomic E-state index is 12.0. The van der Waals surface area contributed by atoms with Crippen LogP contribution in [0.15, 0.2) is 30.3 Å². The number of hydrogen-bond donors (Lipinski definition) is 1. The van der Waals surface area contributed by atoms with Gasteiger partial charge in [0, 0.05) is 16.6 Å². The zero-order valence-corrected chi connectivity index (χ0v) is 12.1. The van der Waals surface area contributed by atoms with Crippen LogP contribution in [0.2, 0.25) is 0 Å². The first kappa shape index (κ1) is 15.9. The van der Waals surface area contributed by atoms with E-state index in [2.05, 4.69) is 0 Å². The van der Waals surface area contributed by atoms with Crippen molar-refractivity contribution in [2.75, 3.05) is 12.4 Å². The van der Waals surface area contributed by atoms with Gasteiger partial charge in [-0.25, -0.2) is 0 Å². The number of benzene rings is 1. The Morgan fingerprint density at radius 3 is 2.47 bits per heavy atom. The molecule has 2 atom stereocenters. The Morgan fingerprint density at radius 1 is 1.32 bits per heavy atom. The molecule has 1 N–H and O–H groups in total. The molecule has 0 aliphatic rings. The largest absolute Gasteiger partial charge is 0.480 e. The number of ether oxygens (including phenoxy) is 1. The standard InChI is InChI=1S/C14H20O4S/c1-11(2)18-8-9-19(17)13(14(15)16)10-12-6-4-3-5-7-12/h3-7,11,13H,8-10H2,1-2H3,(H,15,16). The van der Waals surface area contributed by atoms with Gasteiger partial charge in [-0.15, -0.1) is 0 Å². The topological polar surface area (TPSA) is 63.6 Å². The van der Waals surface area contributed by atoms with E-state index in [9.17, 15) is 14.1 Å². The Bertz CT molecular complexity index is 417. The molecule has 5 heteroatoms. The van der Waals surface area contributed by atoms with Crippen molar-refractivity contribution in [3.05, 3.63) is 35.9 Å². The molecule has 0 spiro atoms. The molecule has 0 saturated heterocycles. The number of carbonyl (C=O) groups is 1. The molecule has 0 saturated carbocycles. The second-order valence-electron chi connectivity index (χ2n) is 4.52. The molecule has 0 aliphatic carbocycles. The van der Waals surface area contributed by atoms with Gasteiger partial charge in [0.1, 0.15) is 5.25 Å². The van der Waals surface area contributed by atoms with Crippen molar-refractivity contribution in [2.45, 2.75) is 31.6 Å². The van der Waals surface area contributed by atoms with E-state index in [1.54, 1.807) is 0 Å². The fraction of sp³-hybridized carbons (Fsp3) is 0.500. The molecule has 19 heavy (non-hydrogen) atoms. The second-order valence-corrected chi connectivity index (χ2v) is 6.26. The van der Waals surface area contributed by atoms with Crippen LogP contribution >= 0.6 is 0 Å². The average Bonchev–Trinajstić information content (AvgIpc) is 2.36.